The first kappa shape index (κ1) is 27.4. The molecule has 2 aromatic carbocycles. The van der Waals surface area contributed by atoms with Gasteiger partial charge in [0.05, 0.1) is 28.9 Å². The van der Waals surface area contributed by atoms with E-state index in [0.717, 1.165) is 0 Å². The van der Waals surface area contributed by atoms with Crippen LogP contribution in [0.15, 0.2) is 42.5 Å². The monoisotopic (exact) mass is 532 g/mol. The molecule has 1 aliphatic carbocycles. The number of amides is 1. The van der Waals surface area contributed by atoms with Crippen molar-refractivity contribution in [3.63, 3.8) is 0 Å². The summed E-state index contributed by atoms with van der Waals surface area (Å²) in [4.78, 5) is 12.3. The summed E-state index contributed by atoms with van der Waals surface area (Å²) in [5, 5.41) is 2.91. The van der Waals surface area contributed by atoms with Gasteiger partial charge in [-0.25, -0.2) is 4.39 Å². The average Bonchev–Trinajstić information content (AvgIpc) is 3.32. The van der Waals surface area contributed by atoms with E-state index in [-0.39, 0.29) is 29.5 Å². The Morgan fingerprint density at radius 3 is 2.05 bits per heavy atom. The third kappa shape index (κ3) is 5.77. The molecule has 1 saturated carbocycles. The topological polar surface area (TPSA) is 64.3 Å². The number of hydrogen-bond donors (Lipinski definition) is 2. The Labute approximate surface area is 209 Å². The number of nitrogens with two attached hydrogens (primary N) is 1. The molecule has 37 heavy (non-hydrogen) atoms. The molecule has 4 nitrogen and oxygen atoms in total. The van der Waals surface area contributed by atoms with Gasteiger partial charge in [0.2, 0.25) is 5.91 Å². The number of carbonyl (C=O) groups is 1. The van der Waals surface area contributed by atoms with Gasteiger partial charge in [-0.05, 0) is 80.5 Å². The molecule has 3 N–H and O–H groups in total. The summed E-state index contributed by atoms with van der Waals surface area (Å²) in [6, 6.07) is 6.78. The molecule has 202 valence electrons. The lowest BCUT2D eigenvalue weighted by Crippen LogP contribution is -2.43. The fraction of sp³-hybridized carbons (Fsp3) is 0.500. The minimum Gasteiger partial charge on any atom is -0.370 e. The Kier molecular flexibility index (Phi) is 7.09. The summed E-state index contributed by atoms with van der Waals surface area (Å²) >= 11 is 0. The maximum atomic E-state index is 13.6. The number of carbonyl (C=O) groups excluding carboxylic acids is 1. The number of alkyl halides is 6. The number of hydrogen-bond acceptors (Lipinski definition) is 3. The summed E-state index contributed by atoms with van der Waals surface area (Å²) in [6.07, 6.45) is -10.3. The second-order valence-electron chi connectivity index (χ2n) is 10.2. The van der Waals surface area contributed by atoms with E-state index in [4.69, 9.17) is 10.5 Å². The first-order valence-electron chi connectivity index (χ1n) is 11.9. The van der Waals surface area contributed by atoms with E-state index < -0.39 is 53.0 Å². The molecule has 11 heteroatoms. The summed E-state index contributed by atoms with van der Waals surface area (Å²) in [5.41, 5.74) is 2.63. The lowest BCUT2D eigenvalue weighted by atomic mass is 9.81. The highest BCUT2D eigenvalue weighted by Gasteiger charge is 2.49. The van der Waals surface area contributed by atoms with Gasteiger partial charge in [0.25, 0.3) is 0 Å². The van der Waals surface area contributed by atoms with Crippen LogP contribution in [0.5, 0.6) is 0 Å². The van der Waals surface area contributed by atoms with E-state index >= 15 is 0 Å². The van der Waals surface area contributed by atoms with Crippen molar-refractivity contribution in [2.75, 3.05) is 0 Å². The zero-order valence-corrected chi connectivity index (χ0v) is 20.1. The molecule has 1 amide bonds. The number of benzene rings is 2. The zero-order chi connectivity index (χ0) is 27.3. The first-order valence-corrected chi connectivity index (χ1v) is 11.9. The van der Waals surface area contributed by atoms with E-state index in [1.54, 1.807) is 19.1 Å². The molecule has 2 aliphatic rings. The van der Waals surface area contributed by atoms with E-state index in [1.807, 2.05) is 0 Å². The molecular weight excluding hydrogens is 505 g/mol. The van der Waals surface area contributed by atoms with E-state index in [2.05, 4.69) is 5.32 Å². The third-order valence-electron chi connectivity index (χ3n) is 7.36. The van der Waals surface area contributed by atoms with Gasteiger partial charge in [-0.2, -0.15) is 26.3 Å². The van der Waals surface area contributed by atoms with Crippen LogP contribution in [-0.4, -0.2) is 23.6 Å². The van der Waals surface area contributed by atoms with Crippen molar-refractivity contribution >= 4 is 5.91 Å². The second kappa shape index (κ2) is 9.58. The maximum absolute atomic E-state index is 13.6. The van der Waals surface area contributed by atoms with Gasteiger partial charge in [-0.1, -0.05) is 12.1 Å². The van der Waals surface area contributed by atoms with Gasteiger partial charge in [-0.3, -0.25) is 4.79 Å². The highest BCUT2D eigenvalue weighted by atomic mass is 19.4. The summed E-state index contributed by atoms with van der Waals surface area (Å²) in [7, 11) is 0. The summed E-state index contributed by atoms with van der Waals surface area (Å²) in [5.74, 6) is -1.34. The largest absolute Gasteiger partial charge is 0.416 e. The van der Waals surface area contributed by atoms with Crippen LogP contribution in [0.25, 0.3) is 0 Å². The normalized spacial score (nSPS) is 29.4. The highest BCUT2D eigenvalue weighted by Crippen LogP contribution is 2.47. The molecule has 0 unspecified atom stereocenters. The second-order valence-corrected chi connectivity index (χ2v) is 10.2. The Balaban J connectivity index is 1.65. The van der Waals surface area contributed by atoms with Crippen molar-refractivity contribution in [3.8, 4) is 0 Å². The molecule has 0 spiro atoms. The zero-order valence-electron chi connectivity index (χ0n) is 20.1. The molecule has 1 heterocycles. The third-order valence-corrected chi connectivity index (χ3v) is 7.36. The van der Waals surface area contributed by atoms with Crippen molar-refractivity contribution in [2.45, 2.75) is 75.2 Å². The van der Waals surface area contributed by atoms with Crippen LogP contribution in [0, 0.1) is 11.7 Å². The van der Waals surface area contributed by atoms with Crippen LogP contribution in [0.4, 0.5) is 30.7 Å². The van der Waals surface area contributed by atoms with Crippen LogP contribution in [-0.2, 0) is 21.9 Å². The number of ether oxygens (including phenoxy) is 1. The quantitative estimate of drug-likeness (QED) is 0.457. The smallest absolute Gasteiger partial charge is 0.370 e. The predicted molar refractivity (Wildman–Crippen MR) is 121 cm³/mol. The molecule has 4 rings (SSSR count). The van der Waals surface area contributed by atoms with Gasteiger partial charge in [-0.15, -0.1) is 0 Å². The van der Waals surface area contributed by atoms with E-state index in [9.17, 15) is 35.5 Å². The van der Waals surface area contributed by atoms with Crippen LogP contribution in [0.1, 0.15) is 67.4 Å². The van der Waals surface area contributed by atoms with Crippen molar-refractivity contribution < 1.29 is 40.3 Å². The minimum absolute atomic E-state index is 0.0791. The number of rotatable bonds is 5. The molecular formula is C26H27F7N2O2. The molecule has 2 aromatic rings. The van der Waals surface area contributed by atoms with Crippen molar-refractivity contribution in [2.24, 2.45) is 11.7 Å². The van der Waals surface area contributed by atoms with Crippen molar-refractivity contribution in [1.82, 2.24) is 5.32 Å². The van der Waals surface area contributed by atoms with Gasteiger partial charge in [0, 0.05) is 12.0 Å². The van der Waals surface area contributed by atoms with Crippen LogP contribution in [0.3, 0.4) is 0 Å². The summed E-state index contributed by atoms with van der Waals surface area (Å²) in [6.45, 7) is 3.02. The van der Waals surface area contributed by atoms with Crippen molar-refractivity contribution in [1.29, 1.82) is 0 Å². The highest BCUT2D eigenvalue weighted by molar-refractivity contribution is 5.88. The van der Waals surface area contributed by atoms with Gasteiger partial charge in [0.1, 0.15) is 5.82 Å². The molecule has 1 aliphatic heterocycles. The van der Waals surface area contributed by atoms with Crippen LogP contribution >= 0.6 is 0 Å². The van der Waals surface area contributed by atoms with Crippen LogP contribution < -0.4 is 11.1 Å². The fourth-order valence-corrected chi connectivity index (χ4v) is 5.49. The first-order chi connectivity index (χ1) is 17.1. The SMILES string of the molecule is C[C@@H](O[C@H]1CC[C@@H]([C@@H]2C[C@@](C)(N)C(=O)N2)[C@@H]1c1ccc(F)cc1)c1cc(C(F)(F)F)cc(C(F)(F)F)c1. The molecule has 0 bridgehead atoms. The Morgan fingerprint density at radius 1 is 1.00 bits per heavy atom. The summed E-state index contributed by atoms with van der Waals surface area (Å²) < 4.78 is 99.9. The molecule has 6 atom stereocenters. The van der Waals surface area contributed by atoms with Gasteiger partial charge >= 0.3 is 12.4 Å². The number of halogens is 7. The van der Waals surface area contributed by atoms with Gasteiger partial charge < -0.3 is 15.8 Å². The Bertz CT molecular complexity index is 1110. The minimum atomic E-state index is -4.97. The lowest BCUT2D eigenvalue weighted by Gasteiger charge is -2.31. The predicted octanol–water partition coefficient (Wildman–Crippen LogP) is 6.11. The Hall–Kier alpha value is -2.66. The Morgan fingerprint density at radius 2 is 1.57 bits per heavy atom. The molecule has 1 saturated heterocycles. The van der Waals surface area contributed by atoms with Gasteiger partial charge in [0.15, 0.2) is 0 Å². The van der Waals surface area contributed by atoms with E-state index in [1.165, 1.54) is 19.1 Å². The lowest BCUT2D eigenvalue weighted by molar-refractivity contribution is -0.143. The number of nitrogens with one attached hydrogen (secondary N) is 1. The maximum Gasteiger partial charge on any atom is 0.416 e. The average molecular weight is 533 g/mol. The standard InChI is InChI=1S/C26H27F7N2O2/c1-13(15-9-16(25(28,29)30)11-17(10-15)26(31,32)33)37-21-8-7-19(20-12-24(2,34)23(36)35-20)22(21)14-3-5-18(27)6-4-14/h3-6,9-11,13,19-22H,7-8,12,34H2,1-2H3,(H,35,36)/t13-,19+,20+,21+,22+,24-/m1/s1. The van der Waals surface area contributed by atoms with Crippen molar-refractivity contribution in [3.05, 3.63) is 70.5 Å². The molecule has 2 fully saturated rings. The molecule has 0 aromatic heterocycles. The van der Waals surface area contributed by atoms with E-state index in [0.29, 0.717) is 37.0 Å². The molecule has 0 radical (unpaired) electrons. The van der Waals surface area contributed by atoms with Crippen LogP contribution in [0.2, 0.25) is 0 Å². The fourth-order valence-electron chi connectivity index (χ4n) is 5.49.